The first-order chi connectivity index (χ1) is 15.7. The Balaban J connectivity index is 1.46. The average molecular weight is 472 g/mol. The second kappa shape index (κ2) is 9.83. The highest BCUT2D eigenvalue weighted by molar-refractivity contribution is 7.89. The third-order valence-corrected chi connectivity index (χ3v) is 8.36. The quantitative estimate of drug-likeness (QED) is 0.710. The van der Waals surface area contributed by atoms with Gasteiger partial charge in [-0.05, 0) is 76.1 Å². The summed E-state index contributed by atoms with van der Waals surface area (Å²) >= 11 is 0. The molecule has 7 nitrogen and oxygen atoms in total. The minimum absolute atomic E-state index is 0.0304. The maximum absolute atomic E-state index is 13.1. The number of nitrogens with zero attached hydrogens (tertiary/aromatic N) is 2. The van der Waals surface area contributed by atoms with E-state index in [4.69, 9.17) is 4.74 Å². The van der Waals surface area contributed by atoms with Crippen molar-refractivity contribution in [3.05, 3.63) is 54.1 Å². The van der Waals surface area contributed by atoms with Crippen LogP contribution in [0.25, 0.3) is 0 Å². The number of rotatable bonds is 5. The second-order valence-corrected chi connectivity index (χ2v) is 11.0. The summed E-state index contributed by atoms with van der Waals surface area (Å²) in [6.45, 7) is 8.25. The van der Waals surface area contributed by atoms with Crippen LogP contribution < -0.4 is 10.2 Å². The summed E-state index contributed by atoms with van der Waals surface area (Å²) in [6.07, 6.45) is 3.10. The molecule has 0 spiro atoms. The maximum atomic E-state index is 13.1. The van der Waals surface area contributed by atoms with E-state index in [9.17, 15) is 13.2 Å². The van der Waals surface area contributed by atoms with Crippen LogP contribution in [0.5, 0.6) is 0 Å². The van der Waals surface area contributed by atoms with Gasteiger partial charge in [0.25, 0.3) is 5.91 Å². The first-order valence-electron chi connectivity index (χ1n) is 11.7. The molecule has 4 rings (SSSR count). The highest BCUT2D eigenvalue weighted by Gasteiger charge is 2.31. The fourth-order valence-corrected chi connectivity index (χ4v) is 6.46. The van der Waals surface area contributed by atoms with Gasteiger partial charge in [-0.1, -0.05) is 12.5 Å². The van der Waals surface area contributed by atoms with E-state index in [0.717, 1.165) is 38.0 Å². The Bertz CT molecular complexity index is 1080. The number of nitrogens with one attached hydrogen (secondary N) is 1. The van der Waals surface area contributed by atoms with E-state index < -0.39 is 10.0 Å². The number of ether oxygens (including phenoxy) is 1. The number of benzene rings is 2. The minimum atomic E-state index is -3.63. The number of hydrogen-bond donors (Lipinski definition) is 1. The van der Waals surface area contributed by atoms with Crippen molar-refractivity contribution >= 4 is 27.3 Å². The van der Waals surface area contributed by atoms with Gasteiger partial charge in [0.15, 0.2) is 0 Å². The van der Waals surface area contributed by atoms with Crippen molar-refractivity contribution in [2.24, 2.45) is 0 Å². The highest BCUT2D eigenvalue weighted by Crippen LogP contribution is 2.26. The lowest BCUT2D eigenvalue weighted by Crippen LogP contribution is -2.45. The summed E-state index contributed by atoms with van der Waals surface area (Å²) < 4.78 is 33.6. The van der Waals surface area contributed by atoms with Crippen molar-refractivity contribution in [2.75, 3.05) is 29.9 Å². The van der Waals surface area contributed by atoms with E-state index in [2.05, 4.69) is 24.1 Å². The zero-order chi connectivity index (χ0) is 23.6. The number of morpholine rings is 1. The molecule has 0 bridgehead atoms. The van der Waals surface area contributed by atoms with Crippen LogP contribution in [-0.2, 0) is 14.8 Å². The lowest BCUT2D eigenvalue weighted by Gasteiger charge is -2.36. The van der Waals surface area contributed by atoms with Crippen molar-refractivity contribution in [3.63, 3.8) is 0 Å². The number of carbonyl (C=O) groups excluding carboxylic acids is 1. The normalized spacial score (nSPS) is 24.5. The van der Waals surface area contributed by atoms with Crippen LogP contribution in [0.15, 0.2) is 53.4 Å². The summed E-state index contributed by atoms with van der Waals surface area (Å²) in [4.78, 5) is 15.3. The maximum Gasteiger partial charge on any atom is 0.255 e. The summed E-state index contributed by atoms with van der Waals surface area (Å²) in [5.74, 6) is -0.333. The first kappa shape index (κ1) is 23.7. The number of anilines is 2. The number of sulfonamides is 1. The van der Waals surface area contributed by atoms with Crippen molar-refractivity contribution in [1.82, 2.24) is 4.31 Å². The number of hydrogen-bond acceptors (Lipinski definition) is 5. The SMILES string of the molecule is CC1CN(c2ccc(NC(=O)c3cccc(S(=O)(=O)N4CCCCC4C)c3)cc2)CC(C)O1. The van der Waals surface area contributed by atoms with E-state index in [-0.39, 0.29) is 29.1 Å². The predicted octanol–water partition coefficient (Wildman–Crippen LogP) is 4.12. The van der Waals surface area contributed by atoms with Crippen molar-refractivity contribution in [2.45, 2.75) is 63.2 Å². The van der Waals surface area contributed by atoms with Gasteiger partial charge in [-0.2, -0.15) is 4.31 Å². The van der Waals surface area contributed by atoms with Crippen LogP contribution in [0, 0.1) is 0 Å². The lowest BCUT2D eigenvalue weighted by atomic mass is 10.1. The molecule has 0 aliphatic carbocycles. The van der Waals surface area contributed by atoms with E-state index in [1.807, 2.05) is 31.2 Å². The van der Waals surface area contributed by atoms with Crippen LogP contribution in [0.2, 0.25) is 0 Å². The largest absolute Gasteiger partial charge is 0.372 e. The van der Waals surface area contributed by atoms with Crippen LogP contribution in [-0.4, -0.2) is 56.5 Å². The molecule has 0 radical (unpaired) electrons. The zero-order valence-electron chi connectivity index (χ0n) is 19.5. The molecule has 1 amide bonds. The van der Waals surface area contributed by atoms with Crippen LogP contribution in [0.3, 0.4) is 0 Å². The Kier molecular flexibility index (Phi) is 7.07. The molecule has 33 heavy (non-hydrogen) atoms. The van der Waals surface area contributed by atoms with Crippen molar-refractivity contribution in [1.29, 1.82) is 0 Å². The Morgan fingerprint density at radius 2 is 1.70 bits per heavy atom. The van der Waals surface area contributed by atoms with Gasteiger partial charge in [0.1, 0.15) is 0 Å². The fraction of sp³-hybridized carbons (Fsp3) is 0.480. The Morgan fingerprint density at radius 3 is 2.36 bits per heavy atom. The predicted molar refractivity (Wildman–Crippen MR) is 130 cm³/mol. The van der Waals surface area contributed by atoms with Crippen molar-refractivity contribution < 1.29 is 17.9 Å². The average Bonchev–Trinajstić information content (AvgIpc) is 2.79. The molecule has 3 unspecified atom stereocenters. The molecule has 2 saturated heterocycles. The van der Waals surface area contributed by atoms with Gasteiger partial charge in [-0.15, -0.1) is 0 Å². The first-order valence-corrected chi connectivity index (χ1v) is 13.1. The summed E-state index contributed by atoms with van der Waals surface area (Å²) in [7, 11) is -3.63. The summed E-state index contributed by atoms with van der Waals surface area (Å²) in [5, 5.41) is 2.88. The van der Waals surface area contributed by atoms with E-state index in [0.29, 0.717) is 17.8 Å². The summed E-state index contributed by atoms with van der Waals surface area (Å²) in [6, 6.07) is 14.0. The molecular formula is C25H33N3O4S. The highest BCUT2D eigenvalue weighted by atomic mass is 32.2. The van der Waals surface area contributed by atoms with Crippen molar-refractivity contribution in [3.8, 4) is 0 Å². The molecule has 8 heteroatoms. The monoisotopic (exact) mass is 471 g/mol. The van der Waals surface area contributed by atoms with E-state index in [1.165, 1.54) is 6.07 Å². The fourth-order valence-electron chi connectivity index (χ4n) is 4.71. The van der Waals surface area contributed by atoms with Crippen LogP contribution in [0.4, 0.5) is 11.4 Å². The van der Waals surface area contributed by atoms with Crippen LogP contribution in [0.1, 0.15) is 50.4 Å². The van der Waals surface area contributed by atoms with Crippen LogP contribution >= 0.6 is 0 Å². The molecule has 1 N–H and O–H groups in total. The zero-order valence-corrected chi connectivity index (χ0v) is 20.3. The molecular weight excluding hydrogens is 438 g/mol. The standard InChI is InChI=1S/C25H33N3O4S/c1-18-7-4-5-14-28(18)33(30,31)24-9-6-8-21(15-24)25(29)26-22-10-12-23(13-11-22)27-16-19(2)32-20(3)17-27/h6,8-13,15,18-20H,4-5,7,14,16-17H2,1-3H3,(H,26,29). The minimum Gasteiger partial charge on any atom is -0.372 e. The van der Waals surface area contributed by atoms with Gasteiger partial charge in [0.2, 0.25) is 10.0 Å². The Hall–Kier alpha value is -2.42. The number of amides is 1. The molecule has 2 aliphatic rings. The van der Waals surface area contributed by atoms with Gasteiger partial charge in [-0.3, -0.25) is 4.79 Å². The molecule has 2 fully saturated rings. The number of piperidine rings is 1. The van der Waals surface area contributed by atoms with Gasteiger partial charge >= 0.3 is 0 Å². The van der Waals surface area contributed by atoms with Gasteiger partial charge in [-0.25, -0.2) is 8.42 Å². The molecule has 0 aromatic heterocycles. The van der Waals surface area contributed by atoms with E-state index in [1.54, 1.807) is 22.5 Å². The summed E-state index contributed by atoms with van der Waals surface area (Å²) in [5.41, 5.74) is 2.07. The smallest absolute Gasteiger partial charge is 0.255 e. The Morgan fingerprint density at radius 1 is 1.00 bits per heavy atom. The molecule has 0 saturated carbocycles. The van der Waals surface area contributed by atoms with Gasteiger partial charge in [0, 0.05) is 42.6 Å². The van der Waals surface area contributed by atoms with Gasteiger partial charge < -0.3 is 15.0 Å². The van der Waals surface area contributed by atoms with E-state index >= 15 is 0 Å². The molecule has 3 atom stereocenters. The number of carbonyl (C=O) groups is 1. The molecule has 2 aromatic carbocycles. The van der Waals surface area contributed by atoms with Gasteiger partial charge in [0.05, 0.1) is 17.1 Å². The third kappa shape index (κ3) is 5.39. The third-order valence-electron chi connectivity index (χ3n) is 6.35. The Labute approximate surface area is 196 Å². The molecule has 2 heterocycles. The lowest BCUT2D eigenvalue weighted by molar-refractivity contribution is -0.00521. The molecule has 2 aliphatic heterocycles. The molecule has 2 aromatic rings. The molecule has 178 valence electrons. The topological polar surface area (TPSA) is 79.0 Å². The second-order valence-electron chi connectivity index (χ2n) is 9.15.